The number of phenols is 1. The fourth-order valence-electron chi connectivity index (χ4n) is 3.52. The number of carbonyl (C=O) groups is 1. The Labute approximate surface area is 146 Å². The predicted octanol–water partition coefficient (Wildman–Crippen LogP) is 4.42. The summed E-state index contributed by atoms with van der Waals surface area (Å²) in [4.78, 5) is 12.3. The Morgan fingerprint density at radius 2 is 2.00 bits per heavy atom. The molecule has 3 aromatic carbocycles. The molecule has 3 aromatic rings. The Morgan fingerprint density at radius 3 is 2.84 bits per heavy atom. The van der Waals surface area contributed by atoms with E-state index in [0.29, 0.717) is 18.8 Å². The molecule has 4 rings (SSSR count). The van der Waals surface area contributed by atoms with E-state index < -0.39 is 0 Å². The first-order valence-electron chi connectivity index (χ1n) is 8.44. The largest absolute Gasteiger partial charge is 0.504 e. The fourth-order valence-corrected chi connectivity index (χ4v) is 3.52. The van der Waals surface area contributed by atoms with E-state index in [1.807, 2.05) is 43.3 Å². The van der Waals surface area contributed by atoms with Gasteiger partial charge in [0.1, 0.15) is 0 Å². The monoisotopic (exact) mass is 333 g/mol. The van der Waals surface area contributed by atoms with E-state index in [4.69, 9.17) is 4.74 Å². The summed E-state index contributed by atoms with van der Waals surface area (Å²) in [5.41, 5.74) is 2.93. The van der Waals surface area contributed by atoms with Gasteiger partial charge in [-0.15, -0.1) is 0 Å². The molecule has 1 atom stereocenters. The lowest BCUT2D eigenvalue weighted by molar-refractivity contribution is -0.116. The maximum Gasteiger partial charge on any atom is 0.225 e. The van der Waals surface area contributed by atoms with Crippen molar-refractivity contribution in [3.05, 3.63) is 65.7 Å². The number of amides is 1. The maximum atomic E-state index is 12.3. The number of hydrogen-bond donors (Lipinski definition) is 2. The molecule has 0 saturated carbocycles. The molecular formula is C21H19NO3. The van der Waals surface area contributed by atoms with Crippen LogP contribution in [0.1, 0.15) is 30.4 Å². The normalized spacial score (nSPS) is 16.4. The van der Waals surface area contributed by atoms with Gasteiger partial charge in [-0.05, 0) is 35.6 Å². The molecule has 1 aliphatic rings. The van der Waals surface area contributed by atoms with Crippen molar-refractivity contribution in [1.82, 2.24) is 0 Å². The first-order valence-corrected chi connectivity index (χ1v) is 8.44. The lowest BCUT2D eigenvalue weighted by Gasteiger charge is -2.27. The zero-order chi connectivity index (χ0) is 17.4. The van der Waals surface area contributed by atoms with E-state index in [1.54, 1.807) is 6.07 Å². The van der Waals surface area contributed by atoms with Crippen LogP contribution in [0.25, 0.3) is 10.8 Å². The predicted molar refractivity (Wildman–Crippen MR) is 98.3 cm³/mol. The molecule has 2 N–H and O–H groups in total. The molecule has 0 spiro atoms. The summed E-state index contributed by atoms with van der Waals surface area (Å²) in [6, 6.07) is 17.5. The number of rotatable bonds is 3. The number of carbonyl (C=O) groups excluding carboxylic acids is 1. The van der Waals surface area contributed by atoms with Gasteiger partial charge in [-0.3, -0.25) is 4.79 Å². The minimum atomic E-state index is -0.0619. The third kappa shape index (κ3) is 2.70. The van der Waals surface area contributed by atoms with E-state index in [1.165, 1.54) is 0 Å². The Balaban J connectivity index is 1.86. The summed E-state index contributed by atoms with van der Waals surface area (Å²) in [6.45, 7) is 2.35. The van der Waals surface area contributed by atoms with E-state index in [2.05, 4.69) is 17.4 Å². The van der Waals surface area contributed by atoms with Crippen LogP contribution in [-0.2, 0) is 4.79 Å². The van der Waals surface area contributed by atoms with Crippen LogP contribution in [0, 0.1) is 0 Å². The first kappa shape index (κ1) is 15.5. The van der Waals surface area contributed by atoms with Gasteiger partial charge < -0.3 is 15.2 Å². The molecule has 4 heteroatoms. The van der Waals surface area contributed by atoms with Crippen LogP contribution in [0.15, 0.2) is 54.6 Å². The second kappa shape index (κ2) is 6.13. The number of fused-ring (bicyclic) bond motifs is 3. The lowest BCUT2D eigenvalue weighted by Crippen LogP contribution is -2.23. The van der Waals surface area contributed by atoms with Crippen LogP contribution in [0.3, 0.4) is 0 Å². The molecule has 4 nitrogen and oxygen atoms in total. The summed E-state index contributed by atoms with van der Waals surface area (Å²) >= 11 is 0. The first-order chi connectivity index (χ1) is 12.2. The van der Waals surface area contributed by atoms with Crippen LogP contribution >= 0.6 is 0 Å². The van der Waals surface area contributed by atoms with Gasteiger partial charge in [-0.1, -0.05) is 42.5 Å². The molecule has 1 unspecified atom stereocenters. The topological polar surface area (TPSA) is 58.6 Å². The van der Waals surface area contributed by atoms with Crippen molar-refractivity contribution in [1.29, 1.82) is 0 Å². The van der Waals surface area contributed by atoms with Crippen molar-refractivity contribution in [2.45, 2.75) is 19.3 Å². The SMILES string of the molecule is CCOc1cc(C2CC(=O)Nc3c2ccc2ccccc32)ccc1O. The van der Waals surface area contributed by atoms with Gasteiger partial charge in [-0.2, -0.15) is 0 Å². The maximum absolute atomic E-state index is 12.3. The Morgan fingerprint density at radius 1 is 1.16 bits per heavy atom. The van der Waals surface area contributed by atoms with E-state index in [-0.39, 0.29) is 17.6 Å². The molecule has 0 aromatic heterocycles. The quantitative estimate of drug-likeness (QED) is 0.746. The lowest BCUT2D eigenvalue weighted by atomic mass is 9.83. The highest BCUT2D eigenvalue weighted by atomic mass is 16.5. The Bertz CT molecular complexity index is 965. The summed E-state index contributed by atoms with van der Waals surface area (Å²) in [6.07, 6.45) is 0.377. The van der Waals surface area contributed by atoms with Crippen molar-refractivity contribution < 1.29 is 14.6 Å². The van der Waals surface area contributed by atoms with Crippen molar-refractivity contribution in [3.63, 3.8) is 0 Å². The number of ether oxygens (including phenoxy) is 1. The third-order valence-corrected chi connectivity index (χ3v) is 4.68. The van der Waals surface area contributed by atoms with Gasteiger partial charge in [0.25, 0.3) is 0 Å². The number of aromatic hydroxyl groups is 1. The summed E-state index contributed by atoms with van der Waals surface area (Å²) < 4.78 is 5.50. The van der Waals surface area contributed by atoms with Gasteiger partial charge in [-0.25, -0.2) is 0 Å². The average Bonchev–Trinajstić information content (AvgIpc) is 2.63. The molecule has 0 bridgehead atoms. The molecule has 1 aliphatic heterocycles. The van der Waals surface area contributed by atoms with Gasteiger partial charge in [0.2, 0.25) is 5.91 Å². The fraction of sp³-hybridized carbons (Fsp3) is 0.190. The Kier molecular flexibility index (Phi) is 3.80. The van der Waals surface area contributed by atoms with Crippen molar-refractivity contribution in [2.75, 3.05) is 11.9 Å². The minimum Gasteiger partial charge on any atom is -0.504 e. The van der Waals surface area contributed by atoms with Crippen LogP contribution < -0.4 is 10.1 Å². The van der Waals surface area contributed by atoms with E-state index in [9.17, 15) is 9.90 Å². The zero-order valence-corrected chi connectivity index (χ0v) is 14.0. The highest BCUT2D eigenvalue weighted by molar-refractivity contribution is 6.06. The van der Waals surface area contributed by atoms with Crippen molar-refractivity contribution in [3.8, 4) is 11.5 Å². The molecule has 1 amide bonds. The van der Waals surface area contributed by atoms with Crippen molar-refractivity contribution in [2.24, 2.45) is 0 Å². The van der Waals surface area contributed by atoms with Crippen molar-refractivity contribution >= 4 is 22.4 Å². The minimum absolute atomic E-state index is 0.000104. The van der Waals surface area contributed by atoms with Gasteiger partial charge >= 0.3 is 0 Å². The summed E-state index contributed by atoms with van der Waals surface area (Å²) in [7, 11) is 0. The number of hydrogen-bond acceptors (Lipinski definition) is 3. The average molecular weight is 333 g/mol. The molecule has 25 heavy (non-hydrogen) atoms. The molecule has 126 valence electrons. The van der Waals surface area contributed by atoms with Gasteiger partial charge in [0, 0.05) is 17.7 Å². The molecule has 1 heterocycles. The molecule has 0 fully saturated rings. The number of benzene rings is 3. The van der Waals surface area contributed by atoms with Gasteiger partial charge in [0.05, 0.1) is 12.3 Å². The zero-order valence-electron chi connectivity index (χ0n) is 14.0. The highest BCUT2D eigenvalue weighted by Crippen LogP contribution is 2.42. The molecule has 0 saturated heterocycles. The smallest absolute Gasteiger partial charge is 0.225 e. The number of anilines is 1. The molecule has 0 radical (unpaired) electrons. The van der Waals surface area contributed by atoms with Crippen LogP contribution in [0.2, 0.25) is 0 Å². The van der Waals surface area contributed by atoms with E-state index in [0.717, 1.165) is 27.6 Å². The Hall–Kier alpha value is -3.01. The standard InChI is InChI=1S/C21H19NO3/c1-2-25-19-11-14(8-10-18(19)23)17-12-20(24)22-21-15-6-4-3-5-13(15)7-9-16(17)21/h3-11,17,23H,2,12H2,1H3,(H,22,24). The second-order valence-corrected chi connectivity index (χ2v) is 6.22. The highest BCUT2D eigenvalue weighted by Gasteiger charge is 2.28. The molecular weight excluding hydrogens is 314 g/mol. The second-order valence-electron chi connectivity index (χ2n) is 6.22. The third-order valence-electron chi connectivity index (χ3n) is 4.68. The van der Waals surface area contributed by atoms with Crippen LogP contribution in [0.4, 0.5) is 5.69 Å². The molecule has 0 aliphatic carbocycles. The van der Waals surface area contributed by atoms with Crippen LogP contribution in [-0.4, -0.2) is 17.6 Å². The van der Waals surface area contributed by atoms with Gasteiger partial charge in [0.15, 0.2) is 11.5 Å². The van der Waals surface area contributed by atoms with E-state index >= 15 is 0 Å². The summed E-state index contributed by atoms with van der Waals surface area (Å²) in [5.74, 6) is 0.506. The summed E-state index contributed by atoms with van der Waals surface area (Å²) in [5, 5.41) is 15.1. The number of nitrogens with one attached hydrogen (secondary N) is 1. The van der Waals surface area contributed by atoms with Crippen LogP contribution in [0.5, 0.6) is 11.5 Å². The number of phenolic OH excluding ortho intramolecular Hbond substituents is 1.